The summed E-state index contributed by atoms with van der Waals surface area (Å²) in [7, 11) is 0. The molecule has 0 rings (SSSR count). The van der Waals surface area contributed by atoms with E-state index in [0.717, 1.165) is 0 Å². The molecule has 7 heavy (non-hydrogen) atoms. The fourth-order valence-corrected chi connectivity index (χ4v) is 0.204. The summed E-state index contributed by atoms with van der Waals surface area (Å²) in [6, 6.07) is 0. The Morgan fingerprint density at radius 1 is 1.71 bits per heavy atom. The van der Waals surface area contributed by atoms with E-state index in [1.807, 2.05) is 0 Å². The predicted octanol–water partition coefficient (Wildman–Crippen LogP) is 0.346. The van der Waals surface area contributed by atoms with E-state index < -0.39 is 5.60 Å². The van der Waals surface area contributed by atoms with Crippen molar-refractivity contribution >= 4 is 6.29 Å². The van der Waals surface area contributed by atoms with E-state index in [-0.39, 0.29) is 6.42 Å². The normalized spacial score (nSPS) is 11.3. The molecule has 0 amide bonds. The van der Waals surface area contributed by atoms with Gasteiger partial charge in [-0.15, -0.1) is 0 Å². The Balaban J connectivity index is 3.34. The summed E-state index contributed by atoms with van der Waals surface area (Å²) in [4.78, 5) is 9.66. The quantitative estimate of drug-likeness (QED) is 0.511. The summed E-state index contributed by atoms with van der Waals surface area (Å²) in [5.74, 6) is 0. The first-order chi connectivity index (χ1) is 3.06. The van der Waals surface area contributed by atoms with Crippen molar-refractivity contribution in [2.24, 2.45) is 0 Å². The fraction of sp³-hybridized carbons (Fsp3) is 0.800. The molecule has 0 unspecified atom stereocenters. The summed E-state index contributed by atoms with van der Waals surface area (Å²) in [6.07, 6.45) is 0.924. The largest absolute Gasteiger partial charge is 0.390 e. The highest BCUT2D eigenvalue weighted by molar-refractivity contribution is 5.50. The van der Waals surface area contributed by atoms with Crippen molar-refractivity contribution in [1.82, 2.24) is 0 Å². The van der Waals surface area contributed by atoms with Gasteiger partial charge < -0.3 is 9.90 Å². The first kappa shape index (κ1) is 6.63. The van der Waals surface area contributed by atoms with Gasteiger partial charge in [0.25, 0.3) is 0 Å². The van der Waals surface area contributed by atoms with Gasteiger partial charge in [-0.3, -0.25) is 0 Å². The number of carbonyl (C=O) groups excluding carboxylic acids is 1. The van der Waals surface area contributed by atoms with Crippen LogP contribution in [0.4, 0.5) is 0 Å². The molecule has 42 valence electrons. The molecule has 0 atom stereocenters. The molecule has 0 fully saturated rings. The van der Waals surface area contributed by atoms with Crippen molar-refractivity contribution in [2.75, 3.05) is 0 Å². The van der Waals surface area contributed by atoms with Crippen LogP contribution in [0, 0.1) is 0 Å². The van der Waals surface area contributed by atoms with E-state index in [1.54, 1.807) is 13.8 Å². The number of hydrogen-bond donors (Lipinski definition) is 1. The van der Waals surface area contributed by atoms with Crippen molar-refractivity contribution in [3.8, 4) is 0 Å². The Hall–Kier alpha value is -0.370. The van der Waals surface area contributed by atoms with Crippen LogP contribution in [-0.4, -0.2) is 17.0 Å². The smallest absolute Gasteiger partial charge is 0.122 e. The Kier molecular flexibility index (Phi) is 1.96. The summed E-state index contributed by atoms with van der Waals surface area (Å²) < 4.78 is 0. The second-order valence-electron chi connectivity index (χ2n) is 2.18. The molecule has 0 saturated carbocycles. The SMILES string of the molecule is CC(C)(O)CC=O. The molecule has 0 bridgehead atoms. The Morgan fingerprint density at radius 2 is 2.14 bits per heavy atom. The van der Waals surface area contributed by atoms with Crippen LogP contribution in [0.3, 0.4) is 0 Å². The van der Waals surface area contributed by atoms with Gasteiger partial charge >= 0.3 is 0 Å². The summed E-state index contributed by atoms with van der Waals surface area (Å²) in [5.41, 5.74) is -0.818. The van der Waals surface area contributed by atoms with E-state index in [4.69, 9.17) is 5.11 Å². The number of rotatable bonds is 2. The molecule has 0 saturated heterocycles. The Bertz CT molecular complexity index is 61.0. The van der Waals surface area contributed by atoms with Crippen molar-refractivity contribution in [1.29, 1.82) is 0 Å². The van der Waals surface area contributed by atoms with Gasteiger partial charge in [-0.1, -0.05) is 0 Å². The van der Waals surface area contributed by atoms with Gasteiger partial charge in [0.05, 0.1) is 5.60 Å². The van der Waals surface area contributed by atoms with Crippen LogP contribution in [-0.2, 0) is 4.79 Å². The van der Waals surface area contributed by atoms with E-state index in [2.05, 4.69) is 0 Å². The average molecular weight is 102 g/mol. The first-order valence-electron chi connectivity index (χ1n) is 2.22. The zero-order chi connectivity index (χ0) is 5.91. The van der Waals surface area contributed by atoms with Crippen LogP contribution in [0.15, 0.2) is 0 Å². The Labute approximate surface area is 43.2 Å². The van der Waals surface area contributed by atoms with Crippen LogP contribution in [0.2, 0.25) is 0 Å². The van der Waals surface area contributed by atoms with Gasteiger partial charge in [-0.25, -0.2) is 0 Å². The maximum atomic E-state index is 9.66. The molecular weight excluding hydrogens is 92.1 g/mol. The molecule has 0 aliphatic carbocycles. The van der Waals surface area contributed by atoms with Crippen LogP contribution in [0.5, 0.6) is 0 Å². The lowest BCUT2D eigenvalue weighted by atomic mass is 10.1. The highest BCUT2D eigenvalue weighted by atomic mass is 16.3. The van der Waals surface area contributed by atoms with Gasteiger partial charge in [0.15, 0.2) is 0 Å². The third kappa shape index (κ3) is 5.63. The summed E-state index contributed by atoms with van der Waals surface area (Å²) >= 11 is 0. The molecule has 0 radical (unpaired) electrons. The topological polar surface area (TPSA) is 37.3 Å². The van der Waals surface area contributed by atoms with Crippen LogP contribution in [0.25, 0.3) is 0 Å². The standard InChI is InChI=1S/C5H10O2/c1-5(2,7)3-4-6/h4,7H,3H2,1-2H3. The van der Waals surface area contributed by atoms with E-state index >= 15 is 0 Å². The number of hydrogen-bond acceptors (Lipinski definition) is 2. The summed E-state index contributed by atoms with van der Waals surface area (Å²) in [6.45, 7) is 3.20. The van der Waals surface area contributed by atoms with E-state index in [0.29, 0.717) is 6.29 Å². The van der Waals surface area contributed by atoms with Crippen molar-refractivity contribution in [3.05, 3.63) is 0 Å². The lowest BCUT2D eigenvalue weighted by Gasteiger charge is -2.10. The van der Waals surface area contributed by atoms with Crippen LogP contribution in [0.1, 0.15) is 20.3 Å². The minimum atomic E-state index is -0.818. The molecule has 0 spiro atoms. The summed E-state index contributed by atoms with van der Waals surface area (Å²) in [5, 5.41) is 8.79. The fourth-order valence-electron chi connectivity index (χ4n) is 0.204. The second-order valence-corrected chi connectivity index (χ2v) is 2.18. The minimum Gasteiger partial charge on any atom is -0.390 e. The van der Waals surface area contributed by atoms with Crippen molar-refractivity contribution in [2.45, 2.75) is 25.9 Å². The molecule has 0 aromatic carbocycles. The second kappa shape index (κ2) is 2.07. The van der Waals surface area contributed by atoms with E-state index in [1.165, 1.54) is 0 Å². The third-order valence-electron chi connectivity index (χ3n) is 0.583. The molecule has 0 aromatic rings. The van der Waals surface area contributed by atoms with Gasteiger partial charge in [0.2, 0.25) is 0 Å². The first-order valence-corrected chi connectivity index (χ1v) is 2.22. The number of aldehydes is 1. The lowest BCUT2D eigenvalue weighted by molar-refractivity contribution is -0.111. The predicted molar refractivity (Wildman–Crippen MR) is 27.0 cm³/mol. The molecule has 0 aromatic heterocycles. The monoisotopic (exact) mass is 102 g/mol. The third-order valence-corrected chi connectivity index (χ3v) is 0.583. The minimum absolute atomic E-state index is 0.215. The average Bonchev–Trinajstić information content (AvgIpc) is 1.30. The van der Waals surface area contributed by atoms with E-state index in [9.17, 15) is 4.79 Å². The van der Waals surface area contributed by atoms with Crippen molar-refractivity contribution < 1.29 is 9.90 Å². The van der Waals surface area contributed by atoms with Crippen LogP contribution >= 0.6 is 0 Å². The van der Waals surface area contributed by atoms with Gasteiger partial charge in [-0.05, 0) is 13.8 Å². The highest BCUT2D eigenvalue weighted by Gasteiger charge is 2.09. The van der Waals surface area contributed by atoms with Gasteiger partial charge in [-0.2, -0.15) is 0 Å². The van der Waals surface area contributed by atoms with Gasteiger partial charge in [0.1, 0.15) is 6.29 Å². The molecule has 0 aliphatic rings. The van der Waals surface area contributed by atoms with Crippen LogP contribution < -0.4 is 0 Å². The highest BCUT2D eigenvalue weighted by Crippen LogP contribution is 2.02. The molecule has 0 heterocycles. The van der Waals surface area contributed by atoms with Crippen molar-refractivity contribution in [3.63, 3.8) is 0 Å². The molecule has 1 N–H and O–H groups in total. The zero-order valence-corrected chi connectivity index (χ0v) is 4.64. The zero-order valence-electron chi connectivity index (χ0n) is 4.64. The molecule has 0 aliphatic heterocycles. The maximum absolute atomic E-state index is 9.66. The number of aliphatic hydroxyl groups is 1. The molecular formula is C5H10O2. The molecule has 2 nitrogen and oxygen atoms in total. The van der Waals surface area contributed by atoms with Gasteiger partial charge in [0, 0.05) is 6.42 Å². The Morgan fingerprint density at radius 3 is 2.14 bits per heavy atom. The molecule has 2 heteroatoms. The lowest BCUT2D eigenvalue weighted by Crippen LogP contribution is -2.18. The maximum Gasteiger partial charge on any atom is 0.122 e. The number of carbonyl (C=O) groups is 1.